The molecule has 98 valence electrons. The number of halogens is 1. The van der Waals surface area contributed by atoms with Crippen molar-refractivity contribution in [3.05, 3.63) is 5.82 Å². The van der Waals surface area contributed by atoms with Crippen LogP contribution in [-0.4, -0.2) is 27.3 Å². The van der Waals surface area contributed by atoms with Gasteiger partial charge in [0.25, 0.3) is 0 Å². The molecule has 3 nitrogen and oxygen atoms in total. The third-order valence-electron chi connectivity index (χ3n) is 2.90. The SMILES string of the molecule is CCC(CC)N(CCBr)c1nc(C(C)C)ns1. The molecular weight excluding hydrogens is 298 g/mol. The van der Waals surface area contributed by atoms with Gasteiger partial charge in [-0.15, -0.1) is 0 Å². The van der Waals surface area contributed by atoms with Crippen LogP contribution in [0.25, 0.3) is 0 Å². The van der Waals surface area contributed by atoms with Crippen molar-refractivity contribution in [3.63, 3.8) is 0 Å². The van der Waals surface area contributed by atoms with E-state index in [4.69, 9.17) is 0 Å². The number of nitrogens with zero attached hydrogens (tertiary/aromatic N) is 3. The molecule has 0 unspecified atom stereocenters. The van der Waals surface area contributed by atoms with Crippen molar-refractivity contribution in [1.82, 2.24) is 9.36 Å². The maximum absolute atomic E-state index is 4.66. The first-order valence-corrected chi connectivity index (χ1v) is 8.19. The van der Waals surface area contributed by atoms with Crippen LogP contribution < -0.4 is 4.90 Å². The molecule has 0 spiro atoms. The van der Waals surface area contributed by atoms with E-state index in [1.54, 1.807) is 0 Å². The highest BCUT2D eigenvalue weighted by Gasteiger charge is 2.19. The summed E-state index contributed by atoms with van der Waals surface area (Å²) in [5.41, 5.74) is 0. The summed E-state index contributed by atoms with van der Waals surface area (Å²) in [5.74, 6) is 1.38. The van der Waals surface area contributed by atoms with Gasteiger partial charge in [-0.05, 0) is 12.8 Å². The molecule has 0 radical (unpaired) electrons. The summed E-state index contributed by atoms with van der Waals surface area (Å²) in [6.07, 6.45) is 2.31. The minimum atomic E-state index is 0.410. The lowest BCUT2D eigenvalue weighted by molar-refractivity contribution is 0.566. The molecule has 0 amide bonds. The highest BCUT2D eigenvalue weighted by atomic mass is 79.9. The molecule has 1 aromatic rings. The van der Waals surface area contributed by atoms with Crippen molar-refractivity contribution in [2.75, 3.05) is 16.8 Å². The fourth-order valence-electron chi connectivity index (χ4n) is 1.83. The standard InChI is InChI=1S/C12H22BrN3S/c1-5-10(6-2)16(8-7-13)12-14-11(9(3)4)15-17-12/h9-10H,5-8H2,1-4H3. The first-order valence-electron chi connectivity index (χ1n) is 6.30. The van der Waals surface area contributed by atoms with E-state index in [0.29, 0.717) is 12.0 Å². The molecular formula is C12H22BrN3S. The zero-order valence-corrected chi connectivity index (χ0v) is 13.5. The molecule has 0 aromatic carbocycles. The average Bonchev–Trinajstić information content (AvgIpc) is 2.78. The van der Waals surface area contributed by atoms with Crippen molar-refractivity contribution in [3.8, 4) is 0 Å². The Hall–Kier alpha value is -0.160. The lowest BCUT2D eigenvalue weighted by Crippen LogP contribution is -2.36. The molecule has 1 aromatic heterocycles. The number of alkyl halides is 1. The Bertz CT molecular complexity index is 323. The third-order valence-corrected chi connectivity index (χ3v) is 4.02. The molecule has 0 aliphatic rings. The van der Waals surface area contributed by atoms with Gasteiger partial charge in [-0.25, -0.2) is 4.98 Å². The van der Waals surface area contributed by atoms with Crippen molar-refractivity contribution >= 4 is 32.6 Å². The second-order valence-electron chi connectivity index (χ2n) is 4.44. The number of hydrogen-bond acceptors (Lipinski definition) is 4. The smallest absolute Gasteiger partial charge is 0.205 e. The van der Waals surface area contributed by atoms with E-state index < -0.39 is 0 Å². The maximum atomic E-state index is 4.66. The van der Waals surface area contributed by atoms with Gasteiger partial charge in [0.2, 0.25) is 5.13 Å². The summed E-state index contributed by atoms with van der Waals surface area (Å²) in [6.45, 7) is 9.74. The van der Waals surface area contributed by atoms with E-state index in [0.717, 1.165) is 35.7 Å². The molecule has 1 rings (SSSR count). The van der Waals surface area contributed by atoms with E-state index >= 15 is 0 Å². The Morgan fingerprint density at radius 2 is 1.94 bits per heavy atom. The van der Waals surface area contributed by atoms with Crippen molar-refractivity contribution in [2.45, 2.75) is 52.5 Å². The number of hydrogen-bond donors (Lipinski definition) is 0. The van der Waals surface area contributed by atoms with Gasteiger partial charge in [-0.1, -0.05) is 43.6 Å². The zero-order chi connectivity index (χ0) is 12.8. The molecule has 0 atom stereocenters. The van der Waals surface area contributed by atoms with Gasteiger partial charge in [0.05, 0.1) is 0 Å². The lowest BCUT2D eigenvalue weighted by atomic mass is 10.1. The summed E-state index contributed by atoms with van der Waals surface area (Å²) in [7, 11) is 0. The van der Waals surface area contributed by atoms with E-state index in [-0.39, 0.29) is 0 Å². The van der Waals surface area contributed by atoms with Crippen LogP contribution in [0.4, 0.5) is 5.13 Å². The summed E-state index contributed by atoms with van der Waals surface area (Å²) >= 11 is 5.05. The Kier molecular flexibility index (Phi) is 6.41. The Labute approximate surface area is 117 Å². The van der Waals surface area contributed by atoms with Crippen LogP contribution in [-0.2, 0) is 0 Å². The summed E-state index contributed by atoms with van der Waals surface area (Å²) in [6, 6.07) is 0.570. The van der Waals surface area contributed by atoms with Gasteiger partial charge in [0.15, 0.2) is 0 Å². The topological polar surface area (TPSA) is 29.0 Å². The van der Waals surface area contributed by atoms with Gasteiger partial charge in [0.1, 0.15) is 5.82 Å². The average molecular weight is 320 g/mol. The number of aromatic nitrogens is 2. The minimum Gasteiger partial charge on any atom is -0.343 e. The quantitative estimate of drug-likeness (QED) is 0.710. The van der Waals surface area contributed by atoms with Crippen LogP contribution in [0.1, 0.15) is 52.3 Å². The van der Waals surface area contributed by atoms with Crippen LogP contribution in [0.3, 0.4) is 0 Å². The van der Waals surface area contributed by atoms with Crippen molar-refractivity contribution in [1.29, 1.82) is 0 Å². The highest BCUT2D eigenvalue weighted by Crippen LogP contribution is 2.25. The third kappa shape index (κ3) is 3.91. The molecule has 5 heteroatoms. The summed E-state index contributed by atoms with van der Waals surface area (Å²) in [4.78, 5) is 7.05. The van der Waals surface area contributed by atoms with E-state index in [2.05, 4.69) is 57.9 Å². The normalized spacial score (nSPS) is 11.5. The minimum absolute atomic E-state index is 0.410. The van der Waals surface area contributed by atoms with E-state index in [1.807, 2.05) is 0 Å². The van der Waals surface area contributed by atoms with Gasteiger partial charge in [-0.2, -0.15) is 4.37 Å². The molecule has 1 heterocycles. The highest BCUT2D eigenvalue weighted by molar-refractivity contribution is 9.09. The molecule has 17 heavy (non-hydrogen) atoms. The first-order chi connectivity index (χ1) is 8.13. The number of rotatable bonds is 7. The Morgan fingerprint density at radius 3 is 2.35 bits per heavy atom. The van der Waals surface area contributed by atoms with Crippen molar-refractivity contribution < 1.29 is 0 Å². The molecule has 0 fully saturated rings. The van der Waals surface area contributed by atoms with E-state index in [1.165, 1.54) is 11.5 Å². The number of anilines is 1. The van der Waals surface area contributed by atoms with Crippen LogP contribution >= 0.6 is 27.5 Å². The second-order valence-corrected chi connectivity index (χ2v) is 5.97. The predicted octanol–water partition coefficient (Wildman–Crippen LogP) is 4.05. The molecule has 0 saturated heterocycles. The van der Waals surface area contributed by atoms with Crippen LogP contribution in [0.5, 0.6) is 0 Å². The summed E-state index contributed by atoms with van der Waals surface area (Å²) < 4.78 is 4.44. The molecule has 0 N–H and O–H groups in total. The molecule has 0 aliphatic carbocycles. The maximum Gasteiger partial charge on any atom is 0.205 e. The monoisotopic (exact) mass is 319 g/mol. The lowest BCUT2D eigenvalue weighted by Gasteiger charge is -2.29. The fraction of sp³-hybridized carbons (Fsp3) is 0.833. The van der Waals surface area contributed by atoms with Crippen LogP contribution in [0.2, 0.25) is 0 Å². The summed E-state index contributed by atoms with van der Waals surface area (Å²) in [5, 5.41) is 2.04. The molecule has 0 bridgehead atoms. The second kappa shape index (κ2) is 7.31. The largest absolute Gasteiger partial charge is 0.343 e. The van der Waals surface area contributed by atoms with Crippen molar-refractivity contribution in [2.24, 2.45) is 0 Å². The predicted molar refractivity (Wildman–Crippen MR) is 79.5 cm³/mol. The fourth-order valence-corrected chi connectivity index (χ4v) is 3.12. The first kappa shape index (κ1) is 14.9. The van der Waals surface area contributed by atoms with Crippen LogP contribution in [0.15, 0.2) is 0 Å². The van der Waals surface area contributed by atoms with Gasteiger partial charge in [-0.3, -0.25) is 0 Å². The molecule has 0 saturated carbocycles. The molecule has 0 aliphatic heterocycles. The van der Waals surface area contributed by atoms with Gasteiger partial charge >= 0.3 is 0 Å². The Balaban J connectivity index is 2.88. The van der Waals surface area contributed by atoms with Crippen LogP contribution in [0, 0.1) is 0 Å². The Morgan fingerprint density at radius 1 is 1.29 bits per heavy atom. The van der Waals surface area contributed by atoms with Gasteiger partial charge < -0.3 is 4.90 Å². The van der Waals surface area contributed by atoms with E-state index in [9.17, 15) is 0 Å². The van der Waals surface area contributed by atoms with Gasteiger partial charge in [0, 0.05) is 35.4 Å². The zero-order valence-electron chi connectivity index (χ0n) is 11.1.